The van der Waals surface area contributed by atoms with Crippen LogP contribution >= 0.6 is 0 Å². The van der Waals surface area contributed by atoms with Gasteiger partial charge in [0.1, 0.15) is 0 Å². The van der Waals surface area contributed by atoms with Gasteiger partial charge in [-0.1, -0.05) is 0 Å². The Bertz CT molecular complexity index is 1110. The maximum atomic E-state index is 6.08. The maximum Gasteiger partial charge on any atom is 0.213 e. The summed E-state index contributed by atoms with van der Waals surface area (Å²) >= 11 is 0. The number of pyridine rings is 1. The SMILES string of the molecule is COc1cc2c(cc1OCCCN)CC[n+]1cc3c(OCCCN)c(OC)ccc3cc1-2.[Cl-]. The molecule has 1 aromatic heterocycles. The van der Waals surface area contributed by atoms with E-state index in [0.717, 1.165) is 70.8 Å². The molecule has 0 unspecified atom stereocenters. The summed E-state index contributed by atoms with van der Waals surface area (Å²) in [4.78, 5) is 0. The number of halogens is 1. The Morgan fingerprint density at radius 3 is 2.30 bits per heavy atom. The molecule has 0 saturated carbocycles. The number of ether oxygens (including phenoxy) is 4. The monoisotopic (exact) mass is 473 g/mol. The van der Waals surface area contributed by atoms with Crippen LogP contribution in [0.25, 0.3) is 22.0 Å². The Hall–Kier alpha value is -2.74. The van der Waals surface area contributed by atoms with Crippen LogP contribution in [-0.2, 0) is 13.0 Å². The van der Waals surface area contributed by atoms with Gasteiger partial charge in [-0.3, -0.25) is 0 Å². The molecule has 4 N–H and O–H groups in total. The second-order valence-corrected chi connectivity index (χ2v) is 7.84. The summed E-state index contributed by atoms with van der Waals surface area (Å²) in [7, 11) is 3.34. The molecule has 7 nitrogen and oxygen atoms in total. The van der Waals surface area contributed by atoms with Gasteiger partial charge in [-0.05, 0) is 61.1 Å². The summed E-state index contributed by atoms with van der Waals surface area (Å²) < 4.78 is 25.5. The second-order valence-electron chi connectivity index (χ2n) is 7.84. The molecule has 3 aromatic rings. The first-order chi connectivity index (χ1) is 15.7. The molecule has 0 saturated heterocycles. The number of methoxy groups -OCH3 is 2. The molecule has 2 heterocycles. The molecule has 1 aliphatic heterocycles. The van der Waals surface area contributed by atoms with Gasteiger partial charge in [0.25, 0.3) is 0 Å². The molecule has 8 heteroatoms. The lowest BCUT2D eigenvalue weighted by Crippen LogP contribution is -3.00. The smallest absolute Gasteiger partial charge is 0.213 e. The van der Waals surface area contributed by atoms with Crippen molar-refractivity contribution < 1.29 is 35.9 Å². The standard InChI is InChI=1S/C25H32N3O4.ClH/c1-29-22-6-5-17-13-21-19-15-23(30-2)24(31-11-3-8-26)14-18(19)7-10-28(21)16-20(17)25(22)32-12-4-9-27;/h5-6,13-16H,3-4,7-12,26-27H2,1-2H3;1H/q+1;/p-1. The van der Waals surface area contributed by atoms with E-state index in [1.54, 1.807) is 14.2 Å². The zero-order valence-corrected chi connectivity index (χ0v) is 20.0. The fourth-order valence-corrected chi connectivity index (χ4v) is 4.12. The maximum absolute atomic E-state index is 6.08. The van der Waals surface area contributed by atoms with Crippen molar-refractivity contribution in [3.05, 3.63) is 42.1 Å². The third-order valence-electron chi connectivity index (χ3n) is 5.79. The topological polar surface area (TPSA) is 92.8 Å². The number of nitrogens with zero attached hydrogens (tertiary/aromatic N) is 1. The van der Waals surface area contributed by atoms with Gasteiger partial charge in [-0.2, -0.15) is 4.57 Å². The highest BCUT2D eigenvalue weighted by Gasteiger charge is 2.27. The van der Waals surface area contributed by atoms with Crippen LogP contribution < -0.4 is 47.4 Å². The molecule has 0 atom stereocenters. The fraction of sp³-hybridized carbons (Fsp3) is 0.400. The lowest BCUT2D eigenvalue weighted by atomic mass is 9.95. The summed E-state index contributed by atoms with van der Waals surface area (Å²) in [6, 6.07) is 10.4. The van der Waals surface area contributed by atoms with Gasteiger partial charge in [0.15, 0.2) is 35.7 Å². The largest absolute Gasteiger partial charge is 1.00 e. The number of aromatic nitrogens is 1. The normalized spacial score (nSPS) is 11.9. The first-order valence-electron chi connectivity index (χ1n) is 11.1. The summed E-state index contributed by atoms with van der Waals surface area (Å²) in [6.07, 6.45) is 4.67. The Balaban J connectivity index is 0.00000306. The van der Waals surface area contributed by atoms with Crippen LogP contribution in [-0.4, -0.2) is 40.5 Å². The van der Waals surface area contributed by atoms with E-state index in [9.17, 15) is 0 Å². The van der Waals surface area contributed by atoms with Crippen LogP contribution in [0.5, 0.6) is 23.0 Å². The summed E-state index contributed by atoms with van der Waals surface area (Å²) in [5.74, 6) is 3.00. The van der Waals surface area contributed by atoms with Gasteiger partial charge < -0.3 is 42.8 Å². The predicted octanol–water partition coefficient (Wildman–Crippen LogP) is -0.173. The highest BCUT2D eigenvalue weighted by Crippen LogP contribution is 2.40. The van der Waals surface area contributed by atoms with Crippen molar-refractivity contribution >= 4 is 10.8 Å². The second kappa shape index (κ2) is 11.4. The summed E-state index contributed by atoms with van der Waals surface area (Å²) in [5.41, 5.74) is 14.8. The summed E-state index contributed by atoms with van der Waals surface area (Å²) in [5, 5.41) is 2.12. The van der Waals surface area contributed by atoms with Crippen LogP contribution in [0.15, 0.2) is 36.5 Å². The molecule has 0 amide bonds. The van der Waals surface area contributed by atoms with E-state index in [0.29, 0.717) is 26.3 Å². The Labute approximate surface area is 201 Å². The number of rotatable bonds is 10. The van der Waals surface area contributed by atoms with E-state index in [4.69, 9.17) is 30.4 Å². The minimum absolute atomic E-state index is 0. The number of hydrogen-bond acceptors (Lipinski definition) is 6. The lowest BCUT2D eigenvalue weighted by Gasteiger charge is -2.20. The van der Waals surface area contributed by atoms with E-state index >= 15 is 0 Å². The van der Waals surface area contributed by atoms with E-state index in [-0.39, 0.29) is 12.4 Å². The zero-order valence-electron chi connectivity index (χ0n) is 19.2. The quantitative estimate of drug-likeness (QED) is 0.314. The van der Waals surface area contributed by atoms with Crippen molar-refractivity contribution in [1.29, 1.82) is 0 Å². The third-order valence-corrected chi connectivity index (χ3v) is 5.79. The molecule has 33 heavy (non-hydrogen) atoms. The molecule has 1 aliphatic rings. The number of nitrogens with two attached hydrogens (primary N) is 2. The van der Waals surface area contributed by atoms with Gasteiger partial charge in [0.2, 0.25) is 5.69 Å². The minimum Gasteiger partial charge on any atom is -1.00 e. The molecule has 0 fully saturated rings. The van der Waals surface area contributed by atoms with Gasteiger partial charge >= 0.3 is 0 Å². The molecule has 4 rings (SSSR count). The Morgan fingerprint density at radius 2 is 1.61 bits per heavy atom. The van der Waals surface area contributed by atoms with Gasteiger partial charge in [0, 0.05) is 12.5 Å². The molecule has 178 valence electrons. The lowest BCUT2D eigenvalue weighted by molar-refractivity contribution is -0.686. The highest BCUT2D eigenvalue weighted by molar-refractivity contribution is 5.91. The predicted molar refractivity (Wildman–Crippen MR) is 125 cm³/mol. The third kappa shape index (κ3) is 5.11. The van der Waals surface area contributed by atoms with Crippen LogP contribution in [0.4, 0.5) is 0 Å². The van der Waals surface area contributed by atoms with Crippen molar-refractivity contribution in [2.75, 3.05) is 40.5 Å². The van der Waals surface area contributed by atoms with Gasteiger partial charge in [-0.15, -0.1) is 0 Å². The molecular weight excluding hydrogens is 442 g/mol. The average molecular weight is 474 g/mol. The highest BCUT2D eigenvalue weighted by atomic mass is 35.5. The Morgan fingerprint density at radius 1 is 0.879 bits per heavy atom. The van der Waals surface area contributed by atoms with Crippen LogP contribution in [0.2, 0.25) is 0 Å². The summed E-state index contributed by atoms with van der Waals surface area (Å²) in [6.45, 7) is 3.20. The van der Waals surface area contributed by atoms with Gasteiger partial charge in [-0.25, -0.2) is 0 Å². The molecule has 0 bridgehead atoms. The van der Waals surface area contributed by atoms with E-state index in [1.165, 1.54) is 5.56 Å². The molecule has 2 aromatic carbocycles. The van der Waals surface area contributed by atoms with E-state index in [1.807, 2.05) is 6.07 Å². The van der Waals surface area contributed by atoms with Crippen molar-refractivity contribution in [2.24, 2.45) is 11.5 Å². The Kier molecular flexibility index (Phi) is 8.61. The van der Waals surface area contributed by atoms with E-state index < -0.39 is 0 Å². The average Bonchev–Trinajstić information content (AvgIpc) is 2.82. The molecule has 0 spiro atoms. The number of benzene rings is 2. The number of fused-ring (bicyclic) bond motifs is 4. The fourth-order valence-electron chi connectivity index (χ4n) is 4.12. The van der Waals surface area contributed by atoms with Gasteiger partial charge in [0.05, 0.1) is 38.4 Å². The van der Waals surface area contributed by atoms with E-state index in [2.05, 4.69) is 35.0 Å². The van der Waals surface area contributed by atoms with Crippen LogP contribution in [0.3, 0.4) is 0 Å². The van der Waals surface area contributed by atoms with Crippen molar-refractivity contribution in [2.45, 2.75) is 25.8 Å². The number of hydrogen-bond donors (Lipinski definition) is 2. The first kappa shape index (κ1) is 24.9. The van der Waals surface area contributed by atoms with Crippen molar-refractivity contribution in [3.63, 3.8) is 0 Å². The van der Waals surface area contributed by atoms with Crippen LogP contribution in [0, 0.1) is 0 Å². The minimum atomic E-state index is 0. The zero-order chi connectivity index (χ0) is 22.5. The molecule has 0 aliphatic carbocycles. The van der Waals surface area contributed by atoms with Crippen molar-refractivity contribution in [3.8, 4) is 34.3 Å². The van der Waals surface area contributed by atoms with Crippen LogP contribution in [0.1, 0.15) is 18.4 Å². The molecule has 0 radical (unpaired) electrons. The molecular formula is C25H32ClN3O4. The van der Waals surface area contributed by atoms with Crippen molar-refractivity contribution in [1.82, 2.24) is 0 Å². The number of aryl methyl sites for hydroxylation is 2. The first-order valence-corrected chi connectivity index (χ1v) is 11.1.